The minimum atomic E-state index is -0.398. The number of hydrogen-bond donors (Lipinski definition) is 1. The average Bonchev–Trinajstić information content (AvgIpc) is 2.38. The van der Waals surface area contributed by atoms with Crippen LogP contribution in [-0.4, -0.2) is 7.11 Å². The van der Waals surface area contributed by atoms with Crippen LogP contribution in [0, 0.1) is 9.39 Å². The summed E-state index contributed by atoms with van der Waals surface area (Å²) in [5.41, 5.74) is 7.77. The number of nitrogens with two attached hydrogens (primary N) is 1. The van der Waals surface area contributed by atoms with Crippen molar-refractivity contribution in [2.45, 2.75) is 6.04 Å². The highest BCUT2D eigenvalue weighted by atomic mass is 127. The Kier molecular flexibility index (Phi) is 4.19. The van der Waals surface area contributed by atoms with E-state index in [9.17, 15) is 4.39 Å². The standard InChI is InChI=1S/C14H13FINO/c1-18-13-6-5-10(15)8-12(13)14(17)9-3-2-4-11(16)7-9/h2-8,14H,17H2,1H3. The molecule has 0 aliphatic rings. The van der Waals surface area contributed by atoms with Crippen LogP contribution >= 0.6 is 22.6 Å². The maximum Gasteiger partial charge on any atom is 0.124 e. The summed E-state index contributed by atoms with van der Waals surface area (Å²) >= 11 is 2.22. The van der Waals surface area contributed by atoms with Crippen LogP contribution in [0.3, 0.4) is 0 Å². The van der Waals surface area contributed by atoms with Gasteiger partial charge in [-0.05, 0) is 58.5 Å². The number of ether oxygens (including phenoxy) is 1. The van der Waals surface area contributed by atoms with Gasteiger partial charge in [-0.1, -0.05) is 12.1 Å². The molecular weight excluding hydrogens is 344 g/mol. The van der Waals surface area contributed by atoms with E-state index < -0.39 is 6.04 Å². The Hall–Kier alpha value is -1.14. The van der Waals surface area contributed by atoms with Crippen LogP contribution in [0.2, 0.25) is 0 Å². The Morgan fingerprint density at radius 3 is 2.67 bits per heavy atom. The summed E-state index contributed by atoms with van der Waals surface area (Å²) in [7, 11) is 1.55. The minimum absolute atomic E-state index is 0.313. The normalized spacial score (nSPS) is 12.2. The van der Waals surface area contributed by atoms with Crippen molar-refractivity contribution in [1.29, 1.82) is 0 Å². The number of rotatable bonds is 3. The van der Waals surface area contributed by atoms with Crippen molar-refractivity contribution < 1.29 is 9.13 Å². The lowest BCUT2D eigenvalue weighted by Crippen LogP contribution is -2.13. The maximum absolute atomic E-state index is 13.3. The Bertz CT molecular complexity index is 559. The van der Waals surface area contributed by atoms with Gasteiger partial charge in [-0.3, -0.25) is 0 Å². The van der Waals surface area contributed by atoms with E-state index in [0.717, 1.165) is 9.13 Å². The Morgan fingerprint density at radius 2 is 2.00 bits per heavy atom. The van der Waals surface area contributed by atoms with Crippen LogP contribution in [0.15, 0.2) is 42.5 Å². The van der Waals surface area contributed by atoms with Gasteiger partial charge in [0.05, 0.1) is 13.2 Å². The molecule has 18 heavy (non-hydrogen) atoms. The molecule has 0 aliphatic carbocycles. The van der Waals surface area contributed by atoms with E-state index in [0.29, 0.717) is 11.3 Å². The number of benzene rings is 2. The number of halogens is 2. The maximum atomic E-state index is 13.3. The van der Waals surface area contributed by atoms with Gasteiger partial charge in [-0.25, -0.2) is 4.39 Å². The van der Waals surface area contributed by atoms with Crippen molar-refractivity contribution in [2.75, 3.05) is 7.11 Å². The van der Waals surface area contributed by atoms with Gasteiger partial charge in [0.25, 0.3) is 0 Å². The van der Waals surface area contributed by atoms with Gasteiger partial charge in [0.1, 0.15) is 11.6 Å². The largest absolute Gasteiger partial charge is 0.496 e. The number of methoxy groups -OCH3 is 1. The van der Waals surface area contributed by atoms with Gasteiger partial charge in [0.15, 0.2) is 0 Å². The fraction of sp³-hybridized carbons (Fsp3) is 0.143. The predicted molar refractivity (Wildman–Crippen MR) is 78.1 cm³/mol. The zero-order valence-electron chi connectivity index (χ0n) is 9.86. The van der Waals surface area contributed by atoms with E-state index in [1.54, 1.807) is 13.2 Å². The second-order valence-electron chi connectivity index (χ2n) is 3.92. The zero-order valence-corrected chi connectivity index (χ0v) is 12.0. The summed E-state index contributed by atoms with van der Waals surface area (Å²) in [4.78, 5) is 0. The van der Waals surface area contributed by atoms with E-state index in [1.807, 2.05) is 24.3 Å². The lowest BCUT2D eigenvalue weighted by atomic mass is 9.99. The van der Waals surface area contributed by atoms with Gasteiger partial charge in [0.2, 0.25) is 0 Å². The summed E-state index contributed by atoms with van der Waals surface area (Å²) in [6.45, 7) is 0. The molecule has 0 fully saturated rings. The number of hydrogen-bond acceptors (Lipinski definition) is 2. The van der Waals surface area contributed by atoms with E-state index in [2.05, 4.69) is 22.6 Å². The van der Waals surface area contributed by atoms with E-state index in [4.69, 9.17) is 10.5 Å². The summed E-state index contributed by atoms with van der Waals surface area (Å²) in [5.74, 6) is 0.287. The molecule has 2 aromatic carbocycles. The van der Waals surface area contributed by atoms with Gasteiger partial charge in [-0.2, -0.15) is 0 Å². The molecule has 1 atom stereocenters. The van der Waals surface area contributed by atoms with Gasteiger partial charge < -0.3 is 10.5 Å². The Morgan fingerprint density at radius 1 is 1.22 bits per heavy atom. The van der Waals surface area contributed by atoms with E-state index in [-0.39, 0.29) is 5.82 Å². The lowest BCUT2D eigenvalue weighted by Gasteiger charge is -2.16. The fourth-order valence-electron chi connectivity index (χ4n) is 1.83. The second kappa shape index (κ2) is 5.67. The molecule has 2 N–H and O–H groups in total. The lowest BCUT2D eigenvalue weighted by molar-refractivity contribution is 0.406. The topological polar surface area (TPSA) is 35.2 Å². The first-order valence-electron chi connectivity index (χ1n) is 5.46. The molecule has 0 radical (unpaired) electrons. The molecule has 0 amide bonds. The highest BCUT2D eigenvalue weighted by molar-refractivity contribution is 14.1. The predicted octanol–water partition coefficient (Wildman–Crippen LogP) is 3.49. The quantitative estimate of drug-likeness (QED) is 0.854. The van der Waals surface area contributed by atoms with Crippen molar-refractivity contribution in [1.82, 2.24) is 0 Å². The van der Waals surface area contributed by atoms with Crippen LogP contribution in [0.4, 0.5) is 4.39 Å². The summed E-state index contributed by atoms with van der Waals surface area (Å²) < 4.78 is 19.6. The zero-order chi connectivity index (χ0) is 13.1. The smallest absolute Gasteiger partial charge is 0.124 e. The minimum Gasteiger partial charge on any atom is -0.496 e. The molecule has 94 valence electrons. The Balaban J connectivity index is 2.44. The van der Waals surface area contributed by atoms with Crippen molar-refractivity contribution in [3.05, 3.63) is 63.0 Å². The first-order chi connectivity index (χ1) is 8.61. The Labute approximate surface area is 119 Å². The molecule has 2 aromatic rings. The first kappa shape index (κ1) is 13.3. The summed E-state index contributed by atoms with van der Waals surface area (Å²) in [6.07, 6.45) is 0. The molecule has 0 aliphatic heterocycles. The third-order valence-electron chi connectivity index (χ3n) is 2.73. The average molecular weight is 357 g/mol. The second-order valence-corrected chi connectivity index (χ2v) is 5.16. The monoisotopic (exact) mass is 357 g/mol. The van der Waals surface area contributed by atoms with Crippen LogP contribution in [0.1, 0.15) is 17.2 Å². The molecule has 0 bridgehead atoms. The van der Waals surface area contributed by atoms with Gasteiger partial charge in [-0.15, -0.1) is 0 Å². The highest BCUT2D eigenvalue weighted by Gasteiger charge is 2.15. The van der Waals surface area contributed by atoms with Crippen LogP contribution < -0.4 is 10.5 Å². The molecular formula is C14H13FINO. The van der Waals surface area contributed by atoms with Crippen LogP contribution in [0.25, 0.3) is 0 Å². The molecule has 0 saturated heterocycles. The molecule has 0 spiro atoms. The van der Waals surface area contributed by atoms with Crippen molar-refractivity contribution >= 4 is 22.6 Å². The van der Waals surface area contributed by atoms with Crippen molar-refractivity contribution in [3.8, 4) is 5.75 Å². The summed E-state index contributed by atoms with van der Waals surface area (Å²) in [5, 5.41) is 0. The molecule has 0 saturated carbocycles. The summed E-state index contributed by atoms with van der Waals surface area (Å²) in [6, 6.07) is 11.8. The third kappa shape index (κ3) is 2.81. The fourth-order valence-corrected chi connectivity index (χ4v) is 2.40. The molecule has 2 nitrogen and oxygen atoms in total. The molecule has 0 aromatic heterocycles. The SMILES string of the molecule is COc1ccc(F)cc1C(N)c1cccc(I)c1. The van der Waals surface area contributed by atoms with E-state index in [1.165, 1.54) is 12.1 Å². The molecule has 1 unspecified atom stereocenters. The first-order valence-corrected chi connectivity index (χ1v) is 6.54. The molecule has 0 heterocycles. The van der Waals surface area contributed by atoms with Gasteiger partial charge >= 0.3 is 0 Å². The van der Waals surface area contributed by atoms with Crippen LogP contribution in [-0.2, 0) is 0 Å². The van der Waals surface area contributed by atoms with E-state index >= 15 is 0 Å². The molecule has 2 rings (SSSR count). The van der Waals surface area contributed by atoms with Crippen molar-refractivity contribution in [2.24, 2.45) is 5.73 Å². The third-order valence-corrected chi connectivity index (χ3v) is 3.41. The van der Waals surface area contributed by atoms with Crippen LogP contribution in [0.5, 0.6) is 5.75 Å². The van der Waals surface area contributed by atoms with Gasteiger partial charge in [0, 0.05) is 9.13 Å². The highest BCUT2D eigenvalue weighted by Crippen LogP contribution is 2.29. The van der Waals surface area contributed by atoms with Crippen molar-refractivity contribution in [3.63, 3.8) is 0 Å². The molecule has 4 heteroatoms.